The van der Waals surface area contributed by atoms with Crippen molar-refractivity contribution in [1.29, 1.82) is 0 Å². The monoisotopic (exact) mass is 395 g/mol. The van der Waals surface area contributed by atoms with Gasteiger partial charge in [-0.05, 0) is 45.4 Å². The number of sulfonamides is 1. The second-order valence-corrected chi connectivity index (χ2v) is 7.98. The van der Waals surface area contributed by atoms with Crippen molar-refractivity contribution in [3.8, 4) is 0 Å². The van der Waals surface area contributed by atoms with Crippen LogP contribution in [0.5, 0.6) is 0 Å². The first kappa shape index (κ1) is 21.1. The summed E-state index contributed by atoms with van der Waals surface area (Å²) in [4.78, 5) is 24.4. The van der Waals surface area contributed by atoms with Crippen LogP contribution in [0.2, 0.25) is 0 Å². The van der Waals surface area contributed by atoms with E-state index < -0.39 is 28.0 Å². The molecule has 3 atom stereocenters. The van der Waals surface area contributed by atoms with Gasteiger partial charge < -0.3 is 9.47 Å². The molecule has 0 aromatic heterocycles. The molecule has 1 fully saturated rings. The first-order chi connectivity index (χ1) is 12.8. The van der Waals surface area contributed by atoms with Crippen LogP contribution < -0.4 is 0 Å². The molecule has 0 radical (unpaired) electrons. The van der Waals surface area contributed by atoms with Crippen molar-refractivity contribution >= 4 is 22.0 Å². The Hall–Kier alpha value is -2.19. The molecule has 0 saturated carbocycles. The molecule has 148 valence electrons. The second-order valence-electron chi connectivity index (χ2n) is 6.14. The lowest BCUT2D eigenvalue weighted by atomic mass is 10.1. The van der Waals surface area contributed by atoms with Gasteiger partial charge in [-0.1, -0.05) is 24.6 Å². The standard InChI is InChI=1S/C19H25NO6S/c1-5-16-17(12-15(18(21)25-6-2)19(22)26-7-3)20(16)27(23,24)14-10-8-13(4)9-11-14/h8-12,16-17H,5-7H2,1-4H3/t16-,17-,20?/m1/s1. The van der Waals surface area contributed by atoms with Crippen molar-refractivity contribution in [2.24, 2.45) is 0 Å². The predicted octanol–water partition coefficient (Wildman–Crippen LogP) is 2.20. The van der Waals surface area contributed by atoms with Gasteiger partial charge in [-0.25, -0.2) is 18.0 Å². The van der Waals surface area contributed by atoms with Crippen molar-refractivity contribution in [2.45, 2.75) is 51.1 Å². The number of hydrogen-bond acceptors (Lipinski definition) is 6. The largest absolute Gasteiger partial charge is 0.462 e. The maximum atomic E-state index is 12.9. The molecule has 1 aliphatic rings. The van der Waals surface area contributed by atoms with E-state index in [1.807, 2.05) is 13.8 Å². The van der Waals surface area contributed by atoms with Crippen molar-refractivity contribution in [3.05, 3.63) is 41.5 Å². The molecule has 1 aliphatic heterocycles. The third kappa shape index (κ3) is 4.56. The van der Waals surface area contributed by atoms with E-state index >= 15 is 0 Å². The first-order valence-corrected chi connectivity index (χ1v) is 10.4. The summed E-state index contributed by atoms with van der Waals surface area (Å²) >= 11 is 0. The van der Waals surface area contributed by atoms with E-state index in [1.54, 1.807) is 38.1 Å². The highest BCUT2D eigenvalue weighted by Crippen LogP contribution is 2.39. The molecular formula is C19H25NO6S. The average molecular weight is 395 g/mol. The second kappa shape index (κ2) is 8.67. The first-order valence-electron chi connectivity index (χ1n) is 8.94. The summed E-state index contributed by atoms with van der Waals surface area (Å²) in [5.41, 5.74) is 0.680. The summed E-state index contributed by atoms with van der Waals surface area (Å²) in [6.45, 7) is 7.18. The van der Waals surface area contributed by atoms with Gasteiger partial charge in [-0.2, -0.15) is 4.31 Å². The topological polar surface area (TPSA) is 89.8 Å². The van der Waals surface area contributed by atoms with Gasteiger partial charge in [-0.15, -0.1) is 0 Å². The summed E-state index contributed by atoms with van der Waals surface area (Å²) in [5, 5.41) is 0. The molecule has 1 saturated heterocycles. The quantitative estimate of drug-likeness (QED) is 0.220. The zero-order valence-corrected chi connectivity index (χ0v) is 16.8. The number of carbonyl (C=O) groups is 2. The minimum atomic E-state index is -3.73. The molecule has 0 bridgehead atoms. The van der Waals surface area contributed by atoms with Crippen molar-refractivity contribution < 1.29 is 27.5 Å². The maximum Gasteiger partial charge on any atom is 0.345 e. The lowest BCUT2D eigenvalue weighted by Gasteiger charge is -2.08. The number of nitrogens with zero attached hydrogens (tertiary/aromatic N) is 1. The van der Waals surface area contributed by atoms with Crippen LogP contribution in [-0.2, 0) is 29.1 Å². The summed E-state index contributed by atoms with van der Waals surface area (Å²) in [7, 11) is -3.73. The highest BCUT2D eigenvalue weighted by molar-refractivity contribution is 7.89. The summed E-state index contributed by atoms with van der Waals surface area (Å²) < 4.78 is 37.0. The summed E-state index contributed by atoms with van der Waals surface area (Å²) in [5.74, 6) is -1.63. The van der Waals surface area contributed by atoms with E-state index in [2.05, 4.69) is 0 Å². The van der Waals surface area contributed by atoms with Crippen molar-refractivity contribution in [3.63, 3.8) is 0 Å². The Balaban J connectivity index is 2.35. The van der Waals surface area contributed by atoms with Gasteiger partial charge in [0.15, 0.2) is 0 Å². The van der Waals surface area contributed by atoms with Gasteiger partial charge in [0, 0.05) is 6.04 Å². The summed E-state index contributed by atoms with van der Waals surface area (Å²) in [6, 6.07) is 5.64. The molecule has 2 rings (SSSR count). The Bertz CT molecular complexity index is 808. The number of esters is 2. The fourth-order valence-electron chi connectivity index (χ4n) is 2.86. The van der Waals surface area contributed by atoms with Crippen LogP contribution in [0.4, 0.5) is 0 Å². The minimum Gasteiger partial charge on any atom is -0.462 e. The minimum absolute atomic E-state index is 0.100. The molecule has 7 nitrogen and oxygen atoms in total. The SMILES string of the molecule is CCOC(=O)C(=C[C@@H]1[C@@H](CC)N1S(=O)(=O)c1ccc(C)cc1)C(=O)OCC. The molecule has 0 aliphatic carbocycles. The fourth-order valence-corrected chi connectivity index (χ4v) is 4.68. The Kier molecular flexibility index (Phi) is 6.78. The highest BCUT2D eigenvalue weighted by Gasteiger charge is 2.53. The van der Waals surface area contributed by atoms with E-state index in [0.717, 1.165) is 5.56 Å². The molecule has 8 heteroatoms. The molecule has 1 unspecified atom stereocenters. The zero-order chi connectivity index (χ0) is 20.2. The molecule has 1 aromatic rings. The van der Waals surface area contributed by atoms with Gasteiger partial charge >= 0.3 is 11.9 Å². The van der Waals surface area contributed by atoms with Gasteiger partial charge in [-0.3, -0.25) is 0 Å². The van der Waals surface area contributed by atoms with Crippen LogP contribution >= 0.6 is 0 Å². The van der Waals surface area contributed by atoms with E-state index in [4.69, 9.17) is 9.47 Å². The molecule has 0 amide bonds. The third-order valence-electron chi connectivity index (χ3n) is 4.27. The molecule has 0 spiro atoms. The van der Waals surface area contributed by atoms with Gasteiger partial charge in [0.2, 0.25) is 10.0 Å². The smallest absolute Gasteiger partial charge is 0.345 e. The normalized spacial score (nSPS) is 21.3. The molecule has 1 heterocycles. The lowest BCUT2D eigenvalue weighted by Crippen LogP contribution is -2.20. The van der Waals surface area contributed by atoms with Gasteiger partial charge in [0.05, 0.1) is 24.2 Å². The number of benzene rings is 1. The number of carbonyl (C=O) groups excluding carboxylic acids is 2. The Morgan fingerprint density at radius 2 is 1.56 bits per heavy atom. The van der Waals surface area contributed by atoms with Crippen LogP contribution in [0.25, 0.3) is 0 Å². The van der Waals surface area contributed by atoms with Crippen LogP contribution in [-0.4, -0.2) is 50.0 Å². The van der Waals surface area contributed by atoms with E-state index in [-0.39, 0.29) is 29.7 Å². The van der Waals surface area contributed by atoms with E-state index in [9.17, 15) is 18.0 Å². The molecular weight excluding hydrogens is 370 g/mol. The molecule has 0 N–H and O–H groups in total. The summed E-state index contributed by atoms with van der Waals surface area (Å²) in [6.07, 6.45) is 1.89. The van der Waals surface area contributed by atoms with Crippen LogP contribution in [0.15, 0.2) is 40.8 Å². The number of rotatable bonds is 8. The van der Waals surface area contributed by atoms with Crippen LogP contribution in [0.1, 0.15) is 32.8 Å². The van der Waals surface area contributed by atoms with Gasteiger partial charge in [0.1, 0.15) is 5.57 Å². The molecule has 27 heavy (non-hydrogen) atoms. The Morgan fingerprint density at radius 3 is 2.00 bits per heavy atom. The average Bonchev–Trinajstić information content (AvgIpc) is 3.34. The molecule has 1 aromatic carbocycles. The van der Waals surface area contributed by atoms with Crippen molar-refractivity contribution in [1.82, 2.24) is 4.31 Å². The van der Waals surface area contributed by atoms with Crippen molar-refractivity contribution in [2.75, 3.05) is 13.2 Å². The van der Waals surface area contributed by atoms with Crippen LogP contribution in [0, 0.1) is 6.92 Å². The third-order valence-corrected chi connectivity index (χ3v) is 6.21. The van der Waals surface area contributed by atoms with Gasteiger partial charge in [0.25, 0.3) is 0 Å². The van der Waals surface area contributed by atoms with Crippen LogP contribution in [0.3, 0.4) is 0 Å². The Morgan fingerprint density at radius 1 is 1.04 bits per heavy atom. The van der Waals surface area contributed by atoms with E-state index in [1.165, 1.54) is 10.4 Å². The zero-order valence-electron chi connectivity index (χ0n) is 16.0. The lowest BCUT2D eigenvalue weighted by molar-refractivity contribution is -0.146. The fraction of sp³-hybridized carbons (Fsp3) is 0.474. The maximum absolute atomic E-state index is 12.9. The highest BCUT2D eigenvalue weighted by atomic mass is 32.2. The Labute approximate surface area is 160 Å². The number of hydrogen-bond donors (Lipinski definition) is 0. The predicted molar refractivity (Wildman–Crippen MR) is 99.4 cm³/mol. The number of aryl methyl sites for hydroxylation is 1. The van der Waals surface area contributed by atoms with E-state index in [0.29, 0.717) is 6.42 Å². The number of ether oxygens (including phenoxy) is 2.